The van der Waals surface area contributed by atoms with Crippen LogP contribution < -0.4 is 5.32 Å². The van der Waals surface area contributed by atoms with E-state index in [-0.39, 0.29) is 24.4 Å². The third-order valence-corrected chi connectivity index (χ3v) is 4.97. The van der Waals surface area contributed by atoms with E-state index in [4.69, 9.17) is 0 Å². The Balaban J connectivity index is 1.81. The largest absolute Gasteiger partial charge is 0.345 e. The van der Waals surface area contributed by atoms with Gasteiger partial charge in [0, 0.05) is 4.88 Å². The number of carbonyl (C=O) groups excluding carboxylic acids is 2. The fourth-order valence-electron chi connectivity index (χ4n) is 2.34. The van der Waals surface area contributed by atoms with Crippen LogP contribution in [0.2, 0.25) is 0 Å². The van der Waals surface area contributed by atoms with Crippen LogP contribution in [0.4, 0.5) is 0 Å². The number of carbonyl (C=O) groups is 2. The average molecular weight is 329 g/mol. The lowest BCUT2D eigenvalue weighted by atomic mass is 10.1. The Hall–Kier alpha value is -0.880. The molecular formula is C12H13BrN2O2S. The van der Waals surface area contributed by atoms with Crippen LogP contribution in [0.5, 0.6) is 0 Å². The van der Waals surface area contributed by atoms with Gasteiger partial charge in [0.05, 0.1) is 16.9 Å². The Labute approximate surface area is 117 Å². The highest BCUT2D eigenvalue weighted by Gasteiger charge is 2.44. The van der Waals surface area contributed by atoms with E-state index < -0.39 is 0 Å². The highest BCUT2D eigenvalue weighted by atomic mass is 79.9. The fourth-order valence-corrected chi connectivity index (χ4v) is 3.82. The van der Waals surface area contributed by atoms with Crippen molar-refractivity contribution in [1.82, 2.24) is 10.2 Å². The number of hydrogen-bond acceptors (Lipinski definition) is 3. The average Bonchev–Trinajstić information content (AvgIpc) is 3.08. The molecule has 2 fully saturated rings. The van der Waals surface area contributed by atoms with E-state index in [1.165, 1.54) is 0 Å². The molecule has 96 valence electrons. The molecule has 2 heterocycles. The third kappa shape index (κ3) is 2.31. The van der Waals surface area contributed by atoms with E-state index in [1.54, 1.807) is 16.2 Å². The molecule has 18 heavy (non-hydrogen) atoms. The van der Waals surface area contributed by atoms with E-state index in [0.717, 1.165) is 21.5 Å². The first-order valence-electron chi connectivity index (χ1n) is 5.96. The van der Waals surface area contributed by atoms with Crippen LogP contribution in [0.15, 0.2) is 15.9 Å². The molecule has 1 saturated carbocycles. The highest BCUT2D eigenvalue weighted by Crippen LogP contribution is 2.37. The Bertz CT molecular complexity index is 498. The first-order chi connectivity index (χ1) is 8.65. The zero-order valence-corrected chi connectivity index (χ0v) is 12.1. The summed E-state index contributed by atoms with van der Waals surface area (Å²) in [4.78, 5) is 26.8. The molecule has 2 aliphatic rings. The van der Waals surface area contributed by atoms with Crippen LogP contribution in [0, 0.1) is 5.92 Å². The van der Waals surface area contributed by atoms with E-state index in [9.17, 15) is 9.59 Å². The first-order valence-corrected chi connectivity index (χ1v) is 7.57. The number of halogens is 1. The van der Waals surface area contributed by atoms with Crippen molar-refractivity contribution in [3.63, 3.8) is 0 Å². The van der Waals surface area contributed by atoms with Gasteiger partial charge in [-0.1, -0.05) is 0 Å². The van der Waals surface area contributed by atoms with Crippen LogP contribution in [-0.2, 0) is 16.1 Å². The fraction of sp³-hybridized carbons (Fsp3) is 0.500. The van der Waals surface area contributed by atoms with Gasteiger partial charge in [0.25, 0.3) is 0 Å². The highest BCUT2D eigenvalue weighted by molar-refractivity contribution is 9.11. The van der Waals surface area contributed by atoms with Crippen molar-refractivity contribution >= 4 is 39.1 Å². The minimum absolute atomic E-state index is 0.00715. The predicted molar refractivity (Wildman–Crippen MR) is 72.1 cm³/mol. The molecule has 0 spiro atoms. The number of nitrogens with zero attached hydrogens (tertiary/aromatic N) is 1. The summed E-state index contributed by atoms with van der Waals surface area (Å²) in [5.41, 5.74) is 0. The first kappa shape index (κ1) is 12.2. The van der Waals surface area contributed by atoms with Crippen LogP contribution in [0.25, 0.3) is 0 Å². The number of nitrogens with one attached hydrogen (secondary N) is 1. The van der Waals surface area contributed by atoms with Crippen molar-refractivity contribution in [3.05, 3.63) is 20.8 Å². The van der Waals surface area contributed by atoms with E-state index in [1.807, 2.05) is 12.1 Å². The van der Waals surface area contributed by atoms with E-state index >= 15 is 0 Å². The van der Waals surface area contributed by atoms with Crippen LogP contribution in [0.1, 0.15) is 17.7 Å². The molecular weight excluding hydrogens is 316 g/mol. The summed E-state index contributed by atoms with van der Waals surface area (Å²) < 4.78 is 1.05. The topological polar surface area (TPSA) is 49.4 Å². The SMILES string of the molecule is O=C1NCC(=O)N(Cc2ccc(Br)s2)C1C1CC1. The van der Waals surface area contributed by atoms with Gasteiger partial charge < -0.3 is 10.2 Å². The molecule has 1 saturated heterocycles. The Morgan fingerprint density at radius 1 is 1.39 bits per heavy atom. The van der Waals surface area contributed by atoms with Gasteiger partial charge in [0.15, 0.2) is 0 Å². The number of rotatable bonds is 3. The Kier molecular flexibility index (Phi) is 3.15. The zero-order valence-electron chi connectivity index (χ0n) is 9.69. The lowest BCUT2D eigenvalue weighted by molar-refractivity contribution is -0.147. The number of piperazine rings is 1. The zero-order chi connectivity index (χ0) is 12.7. The van der Waals surface area contributed by atoms with Crippen LogP contribution >= 0.6 is 27.3 Å². The van der Waals surface area contributed by atoms with Crippen molar-refractivity contribution < 1.29 is 9.59 Å². The van der Waals surface area contributed by atoms with Crippen molar-refractivity contribution in [2.24, 2.45) is 5.92 Å². The molecule has 1 aromatic rings. The second kappa shape index (κ2) is 4.66. The molecule has 1 atom stereocenters. The van der Waals surface area contributed by atoms with Crippen molar-refractivity contribution in [2.45, 2.75) is 25.4 Å². The quantitative estimate of drug-likeness (QED) is 0.918. The van der Waals surface area contributed by atoms with Gasteiger partial charge in [-0.15, -0.1) is 11.3 Å². The minimum atomic E-state index is -0.257. The van der Waals surface area contributed by atoms with Crippen molar-refractivity contribution in [1.29, 1.82) is 0 Å². The summed E-state index contributed by atoms with van der Waals surface area (Å²) >= 11 is 5.03. The molecule has 0 bridgehead atoms. The molecule has 1 aliphatic carbocycles. The summed E-state index contributed by atoms with van der Waals surface area (Å²) in [5, 5.41) is 2.69. The second-order valence-electron chi connectivity index (χ2n) is 4.73. The van der Waals surface area contributed by atoms with Gasteiger partial charge in [0.2, 0.25) is 11.8 Å². The van der Waals surface area contributed by atoms with E-state index in [0.29, 0.717) is 12.5 Å². The molecule has 1 N–H and O–H groups in total. The molecule has 6 heteroatoms. The van der Waals surface area contributed by atoms with E-state index in [2.05, 4.69) is 21.2 Å². The second-order valence-corrected chi connectivity index (χ2v) is 7.28. The van der Waals surface area contributed by atoms with Crippen molar-refractivity contribution in [2.75, 3.05) is 6.54 Å². The van der Waals surface area contributed by atoms with Crippen molar-refractivity contribution in [3.8, 4) is 0 Å². The van der Waals surface area contributed by atoms with Gasteiger partial charge in [-0.25, -0.2) is 0 Å². The van der Waals surface area contributed by atoms with Gasteiger partial charge in [-0.2, -0.15) is 0 Å². The molecule has 4 nitrogen and oxygen atoms in total. The maximum atomic E-state index is 12.0. The summed E-state index contributed by atoms with van der Waals surface area (Å²) in [7, 11) is 0. The van der Waals surface area contributed by atoms with Crippen LogP contribution in [0.3, 0.4) is 0 Å². The Morgan fingerprint density at radius 2 is 2.17 bits per heavy atom. The maximum Gasteiger partial charge on any atom is 0.243 e. The summed E-state index contributed by atoms with van der Waals surface area (Å²) in [6.45, 7) is 0.679. The molecule has 0 radical (unpaired) electrons. The molecule has 0 aromatic carbocycles. The van der Waals surface area contributed by atoms with Gasteiger partial charge in [0.1, 0.15) is 6.04 Å². The molecule has 1 unspecified atom stereocenters. The molecule has 1 aliphatic heterocycles. The third-order valence-electron chi connectivity index (χ3n) is 3.36. The summed E-state index contributed by atoms with van der Waals surface area (Å²) in [6, 6.07) is 3.71. The predicted octanol–water partition coefficient (Wildman–Crippen LogP) is 1.75. The van der Waals surface area contributed by atoms with Gasteiger partial charge in [-0.05, 0) is 46.8 Å². The summed E-state index contributed by atoms with van der Waals surface area (Å²) in [5.74, 6) is 0.390. The Morgan fingerprint density at radius 3 is 2.78 bits per heavy atom. The number of hydrogen-bond donors (Lipinski definition) is 1. The molecule has 1 aromatic heterocycles. The standard InChI is InChI=1S/C12H13BrN2O2S/c13-9-4-3-8(18-9)6-15-10(16)5-14-12(17)11(15)7-1-2-7/h3-4,7,11H,1-2,5-6H2,(H,14,17). The van der Waals surface area contributed by atoms with Crippen LogP contribution in [-0.4, -0.2) is 29.3 Å². The van der Waals surface area contributed by atoms with Gasteiger partial charge in [-0.3, -0.25) is 9.59 Å². The maximum absolute atomic E-state index is 12.0. The smallest absolute Gasteiger partial charge is 0.243 e. The lowest BCUT2D eigenvalue weighted by Crippen LogP contribution is -2.58. The lowest BCUT2D eigenvalue weighted by Gasteiger charge is -2.34. The normalized spacial score (nSPS) is 24.3. The monoisotopic (exact) mass is 328 g/mol. The summed E-state index contributed by atoms with van der Waals surface area (Å²) in [6.07, 6.45) is 2.10. The molecule has 3 rings (SSSR count). The number of amides is 2. The minimum Gasteiger partial charge on any atom is -0.345 e. The molecule has 2 amide bonds. The van der Waals surface area contributed by atoms with Gasteiger partial charge >= 0.3 is 0 Å². The number of thiophene rings is 1.